The Kier molecular flexibility index (Phi) is 3.80. The minimum absolute atomic E-state index is 0.0825. The fourth-order valence-corrected chi connectivity index (χ4v) is 1.18. The van der Waals surface area contributed by atoms with E-state index in [1.807, 2.05) is 6.07 Å². The SMILES string of the molecule is CC(=O)/C=C(\C)NC(=O)c1ccccc1. The van der Waals surface area contributed by atoms with E-state index in [0.717, 1.165) is 0 Å². The average Bonchev–Trinajstić information content (AvgIpc) is 2.17. The van der Waals surface area contributed by atoms with Crippen LogP contribution in [0.1, 0.15) is 24.2 Å². The summed E-state index contributed by atoms with van der Waals surface area (Å²) in [6.45, 7) is 3.13. The van der Waals surface area contributed by atoms with Crippen molar-refractivity contribution < 1.29 is 9.59 Å². The summed E-state index contributed by atoms with van der Waals surface area (Å²) in [7, 11) is 0. The Morgan fingerprint density at radius 1 is 1.13 bits per heavy atom. The Hall–Kier alpha value is -1.90. The van der Waals surface area contributed by atoms with E-state index in [0.29, 0.717) is 11.3 Å². The molecule has 0 unspecified atom stereocenters. The number of nitrogens with one attached hydrogen (secondary N) is 1. The quantitative estimate of drug-likeness (QED) is 0.763. The van der Waals surface area contributed by atoms with Crippen LogP contribution in [-0.2, 0) is 4.79 Å². The number of hydrogen-bond donors (Lipinski definition) is 1. The summed E-state index contributed by atoms with van der Waals surface area (Å²) in [6, 6.07) is 8.86. The molecule has 78 valence electrons. The van der Waals surface area contributed by atoms with Crippen molar-refractivity contribution >= 4 is 11.7 Å². The number of hydrogen-bond acceptors (Lipinski definition) is 2. The van der Waals surface area contributed by atoms with Crippen LogP contribution in [0.3, 0.4) is 0 Å². The molecule has 0 atom stereocenters. The van der Waals surface area contributed by atoms with E-state index in [9.17, 15) is 9.59 Å². The van der Waals surface area contributed by atoms with Crippen molar-refractivity contribution in [3.05, 3.63) is 47.7 Å². The zero-order valence-corrected chi connectivity index (χ0v) is 8.78. The average molecular weight is 203 g/mol. The van der Waals surface area contributed by atoms with Gasteiger partial charge in [-0.1, -0.05) is 18.2 Å². The van der Waals surface area contributed by atoms with Gasteiger partial charge in [0, 0.05) is 11.3 Å². The molecule has 0 saturated heterocycles. The van der Waals surface area contributed by atoms with E-state index >= 15 is 0 Å². The topological polar surface area (TPSA) is 46.2 Å². The van der Waals surface area contributed by atoms with E-state index in [1.165, 1.54) is 13.0 Å². The number of carbonyl (C=O) groups excluding carboxylic acids is 2. The van der Waals surface area contributed by atoms with Crippen molar-refractivity contribution in [1.82, 2.24) is 5.32 Å². The van der Waals surface area contributed by atoms with Crippen LogP contribution >= 0.6 is 0 Å². The molecule has 3 nitrogen and oxygen atoms in total. The van der Waals surface area contributed by atoms with Gasteiger partial charge in [0.05, 0.1) is 0 Å². The molecule has 0 saturated carbocycles. The Morgan fingerprint density at radius 3 is 2.27 bits per heavy atom. The first-order chi connectivity index (χ1) is 7.09. The maximum atomic E-state index is 11.6. The molecule has 0 bridgehead atoms. The Labute approximate surface area is 88.8 Å². The summed E-state index contributed by atoms with van der Waals surface area (Å²) in [5.74, 6) is -0.286. The predicted molar refractivity (Wildman–Crippen MR) is 58.3 cm³/mol. The fourth-order valence-electron chi connectivity index (χ4n) is 1.18. The van der Waals surface area contributed by atoms with Crippen molar-refractivity contribution in [3.8, 4) is 0 Å². The largest absolute Gasteiger partial charge is 0.326 e. The Balaban J connectivity index is 2.69. The monoisotopic (exact) mass is 203 g/mol. The highest BCUT2D eigenvalue weighted by Gasteiger charge is 2.04. The maximum absolute atomic E-state index is 11.6. The molecule has 1 aromatic rings. The molecular formula is C12H13NO2. The highest BCUT2D eigenvalue weighted by molar-refractivity contribution is 5.96. The molecule has 1 rings (SSSR count). The second-order valence-corrected chi connectivity index (χ2v) is 3.26. The Bertz CT molecular complexity index is 393. The molecule has 0 fully saturated rings. The van der Waals surface area contributed by atoms with Gasteiger partial charge in [0.15, 0.2) is 5.78 Å². The minimum Gasteiger partial charge on any atom is -0.326 e. The van der Waals surface area contributed by atoms with Gasteiger partial charge in [-0.15, -0.1) is 0 Å². The third kappa shape index (κ3) is 3.77. The minimum atomic E-state index is -0.203. The van der Waals surface area contributed by atoms with Gasteiger partial charge in [-0.25, -0.2) is 0 Å². The second-order valence-electron chi connectivity index (χ2n) is 3.26. The van der Waals surface area contributed by atoms with Gasteiger partial charge in [0.25, 0.3) is 5.91 Å². The second kappa shape index (κ2) is 5.10. The van der Waals surface area contributed by atoms with Crippen molar-refractivity contribution in [2.24, 2.45) is 0 Å². The zero-order valence-electron chi connectivity index (χ0n) is 8.78. The lowest BCUT2D eigenvalue weighted by Crippen LogP contribution is -2.21. The molecule has 0 aliphatic carbocycles. The van der Waals surface area contributed by atoms with Crippen LogP contribution in [0.5, 0.6) is 0 Å². The first-order valence-corrected chi connectivity index (χ1v) is 4.65. The number of ketones is 1. The third-order valence-electron chi connectivity index (χ3n) is 1.77. The standard InChI is InChI=1S/C12H13NO2/c1-9(8-10(2)14)13-12(15)11-6-4-3-5-7-11/h3-8H,1-2H3,(H,13,15)/b9-8+. The molecule has 0 aliphatic rings. The highest BCUT2D eigenvalue weighted by Crippen LogP contribution is 1.99. The smallest absolute Gasteiger partial charge is 0.255 e. The van der Waals surface area contributed by atoms with Crippen molar-refractivity contribution in [2.45, 2.75) is 13.8 Å². The van der Waals surface area contributed by atoms with Crippen LogP contribution < -0.4 is 5.32 Å². The lowest BCUT2D eigenvalue weighted by molar-refractivity contribution is -0.112. The molecule has 3 heteroatoms. The van der Waals surface area contributed by atoms with Crippen molar-refractivity contribution in [3.63, 3.8) is 0 Å². The molecule has 1 aromatic carbocycles. The third-order valence-corrected chi connectivity index (χ3v) is 1.77. The first kappa shape index (κ1) is 11.2. The summed E-state index contributed by atoms with van der Waals surface area (Å²) in [4.78, 5) is 22.3. The molecule has 1 amide bonds. The summed E-state index contributed by atoms with van der Waals surface area (Å²) in [5, 5.41) is 2.63. The van der Waals surface area contributed by atoms with Gasteiger partial charge in [-0.05, 0) is 32.1 Å². The summed E-state index contributed by atoms with van der Waals surface area (Å²) >= 11 is 0. The molecule has 1 N–H and O–H groups in total. The predicted octanol–water partition coefficient (Wildman–Crippen LogP) is 1.91. The van der Waals surface area contributed by atoms with Gasteiger partial charge in [0.2, 0.25) is 0 Å². The lowest BCUT2D eigenvalue weighted by Gasteiger charge is -2.04. The molecule has 0 spiro atoms. The number of allylic oxidation sites excluding steroid dienone is 2. The van der Waals surface area contributed by atoms with Gasteiger partial charge in [0.1, 0.15) is 0 Å². The van der Waals surface area contributed by atoms with E-state index in [1.54, 1.807) is 31.2 Å². The molecule has 0 radical (unpaired) electrons. The number of amides is 1. The molecule has 0 heterocycles. The van der Waals surface area contributed by atoms with Crippen LogP contribution in [0.25, 0.3) is 0 Å². The van der Waals surface area contributed by atoms with Crippen LogP contribution in [-0.4, -0.2) is 11.7 Å². The normalized spacial score (nSPS) is 10.9. The summed E-state index contributed by atoms with van der Waals surface area (Å²) in [6.07, 6.45) is 1.39. The van der Waals surface area contributed by atoms with Crippen LogP contribution in [0.15, 0.2) is 42.1 Å². The van der Waals surface area contributed by atoms with Crippen molar-refractivity contribution in [2.75, 3.05) is 0 Å². The maximum Gasteiger partial charge on any atom is 0.255 e. The molecular weight excluding hydrogens is 190 g/mol. The van der Waals surface area contributed by atoms with Gasteiger partial charge in [-0.3, -0.25) is 9.59 Å². The van der Waals surface area contributed by atoms with E-state index in [2.05, 4.69) is 5.32 Å². The molecule has 0 aromatic heterocycles. The summed E-state index contributed by atoms with van der Waals surface area (Å²) < 4.78 is 0. The van der Waals surface area contributed by atoms with E-state index < -0.39 is 0 Å². The van der Waals surface area contributed by atoms with Crippen molar-refractivity contribution in [1.29, 1.82) is 0 Å². The first-order valence-electron chi connectivity index (χ1n) is 4.65. The number of carbonyl (C=O) groups is 2. The van der Waals surface area contributed by atoms with Crippen LogP contribution in [0.2, 0.25) is 0 Å². The number of benzene rings is 1. The van der Waals surface area contributed by atoms with E-state index in [-0.39, 0.29) is 11.7 Å². The lowest BCUT2D eigenvalue weighted by atomic mass is 10.2. The molecule has 0 aliphatic heterocycles. The fraction of sp³-hybridized carbons (Fsp3) is 0.167. The summed E-state index contributed by atoms with van der Waals surface area (Å²) in [5.41, 5.74) is 1.13. The van der Waals surface area contributed by atoms with Crippen LogP contribution in [0.4, 0.5) is 0 Å². The molecule has 15 heavy (non-hydrogen) atoms. The van der Waals surface area contributed by atoms with Gasteiger partial charge < -0.3 is 5.32 Å². The zero-order chi connectivity index (χ0) is 11.3. The van der Waals surface area contributed by atoms with Crippen LogP contribution in [0, 0.1) is 0 Å². The van der Waals surface area contributed by atoms with E-state index in [4.69, 9.17) is 0 Å². The highest BCUT2D eigenvalue weighted by atomic mass is 16.1. The Morgan fingerprint density at radius 2 is 1.73 bits per heavy atom. The number of rotatable bonds is 3. The van der Waals surface area contributed by atoms with Gasteiger partial charge in [-0.2, -0.15) is 0 Å². The van der Waals surface area contributed by atoms with Gasteiger partial charge >= 0.3 is 0 Å².